The lowest BCUT2D eigenvalue weighted by molar-refractivity contribution is -0.110. The summed E-state index contributed by atoms with van der Waals surface area (Å²) < 4.78 is 0. The highest BCUT2D eigenvalue weighted by Gasteiger charge is 2.20. The molecule has 0 unspecified atom stereocenters. The molecule has 0 bridgehead atoms. The number of thiocarbonyl (C=S) groups is 1. The Kier molecular flexibility index (Phi) is 3.97. The van der Waals surface area contributed by atoms with Gasteiger partial charge in [0.15, 0.2) is 4.99 Å². The maximum absolute atomic E-state index is 11.9. The number of nitrogens with one attached hydrogen (secondary N) is 1. The molecule has 1 heterocycles. The third-order valence-electron chi connectivity index (χ3n) is 2.69. The summed E-state index contributed by atoms with van der Waals surface area (Å²) in [5.41, 5.74) is 0.709. The molecule has 0 radical (unpaired) electrons. The van der Waals surface area contributed by atoms with Crippen LogP contribution in [0, 0.1) is 0 Å². The predicted octanol–water partition coefficient (Wildman–Crippen LogP) is 2.70. The molecule has 1 aliphatic rings. The Morgan fingerprint density at radius 3 is 2.41 bits per heavy atom. The van der Waals surface area contributed by atoms with Crippen LogP contribution in [0.15, 0.2) is 24.3 Å². The van der Waals surface area contributed by atoms with Crippen molar-refractivity contribution >= 4 is 40.4 Å². The van der Waals surface area contributed by atoms with Crippen molar-refractivity contribution in [1.29, 1.82) is 0 Å². The van der Waals surface area contributed by atoms with E-state index in [1.54, 1.807) is 24.3 Å². The molecule has 0 spiro atoms. The maximum Gasteiger partial charge on any atom is 0.283 e. The summed E-state index contributed by atoms with van der Waals surface area (Å²) in [6.07, 6.45) is 2.21. The van der Waals surface area contributed by atoms with Crippen molar-refractivity contribution in [2.75, 3.05) is 18.4 Å². The van der Waals surface area contributed by atoms with Gasteiger partial charge >= 0.3 is 0 Å². The Hall–Kier alpha value is -1.13. The third-order valence-corrected chi connectivity index (χ3v) is 3.39. The van der Waals surface area contributed by atoms with E-state index in [1.165, 1.54) is 0 Å². The maximum atomic E-state index is 11.9. The number of likely N-dealkylation sites (tertiary alicyclic amines) is 1. The minimum atomic E-state index is -0.218. The molecule has 1 aromatic rings. The van der Waals surface area contributed by atoms with Gasteiger partial charge in [0.2, 0.25) is 0 Å². The Balaban J connectivity index is 1.96. The fraction of sp³-hybridized carbons (Fsp3) is 0.333. The monoisotopic (exact) mass is 268 g/mol. The Labute approximate surface area is 111 Å². The molecule has 5 heteroatoms. The van der Waals surface area contributed by atoms with Gasteiger partial charge in [0, 0.05) is 23.8 Å². The molecule has 2 rings (SSSR count). The first-order chi connectivity index (χ1) is 8.16. The van der Waals surface area contributed by atoms with E-state index in [0.717, 1.165) is 25.9 Å². The molecular weight excluding hydrogens is 256 g/mol. The molecule has 1 amide bonds. The van der Waals surface area contributed by atoms with Crippen molar-refractivity contribution in [2.45, 2.75) is 12.8 Å². The second kappa shape index (κ2) is 5.47. The van der Waals surface area contributed by atoms with Gasteiger partial charge < -0.3 is 10.2 Å². The largest absolute Gasteiger partial charge is 0.358 e. The van der Waals surface area contributed by atoms with Crippen molar-refractivity contribution in [3.8, 4) is 0 Å². The number of hydrogen-bond donors (Lipinski definition) is 1. The number of rotatable bonds is 1. The lowest BCUT2D eigenvalue weighted by Gasteiger charge is -2.17. The lowest BCUT2D eigenvalue weighted by atomic mass is 10.3. The summed E-state index contributed by atoms with van der Waals surface area (Å²) in [5, 5.41) is 3.41. The van der Waals surface area contributed by atoms with Crippen LogP contribution in [0.2, 0.25) is 5.02 Å². The first kappa shape index (κ1) is 12.3. The summed E-state index contributed by atoms with van der Waals surface area (Å²) in [6, 6.07) is 6.98. The van der Waals surface area contributed by atoms with E-state index in [1.807, 2.05) is 4.90 Å². The molecule has 1 N–H and O–H groups in total. The third kappa shape index (κ3) is 3.17. The molecule has 90 valence electrons. The number of anilines is 1. The zero-order valence-corrected chi connectivity index (χ0v) is 10.9. The highest BCUT2D eigenvalue weighted by atomic mass is 35.5. The average Bonchev–Trinajstić information content (AvgIpc) is 2.84. The molecular formula is C12H13ClN2OS. The Bertz CT molecular complexity index is 427. The fourth-order valence-corrected chi connectivity index (χ4v) is 2.14. The van der Waals surface area contributed by atoms with E-state index in [9.17, 15) is 4.79 Å². The van der Waals surface area contributed by atoms with Gasteiger partial charge in [-0.05, 0) is 37.1 Å². The highest BCUT2D eigenvalue weighted by molar-refractivity contribution is 7.82. The zero-order chi connectivity index (χ0) is 12.3. The second-order valence-electron chi connectivity index (χ2n) is 3.96. The lowest BCUT2D eigenvalue weighted by Crippen LogP contribution is -2.36. The van der Waals surface area contributed by atoms with E-state index in [0.29, 0.717) is 15.7 Å². The summed E-state index contributed by atoms with van der Waals surface area (Å²) in [6.45, 7) is 1.76. The molecule has 0 aromatic heterocycles. The SMILES string of the molecule is O=C(Nc1ccc(Cl)cc1)C(=S)N1CCCC1. The van der Waals surface area contributed by atoms with Crippen LogP contribution in [-0.4, -0.2) is 28.9 Å². The number of hydrogen-bond acceptors (Lipinski definition) is 2. The van der Waals surface area contributed by atoms with Gasteiger partial charge in [-0.25, -0.2) is 0 Å². The fourth-order valence-electron chi connectivity index (χ4n) is 1.78. The molecule has 3 nitrogen and oxygen atoms in total. The molecule has 1 fully saturated rings. The number of amides is 1. The zero-order valence-electron chi connectivity index (χ0n) is 9.28. The van der Waals surface area contributed by atoms with Crippen LogP contribution in [0.1, 0.15) is 12.8 Å². The summed E-state index contributed by atoms with van der Waals surface area (Å²) in [5.74, 6) is -0.218. The van der Waals surface area contributed by atoms with Crippen molar-refractivity contribution in [1.82, 2.24) is 4.90 Å². The molecule has 1 aromatic carbocycles. The molecule has 0 atom stereocenters. The topological polar surface area (TPSA) is 32.3 Å². The second-order valence-corrected chi connectivity index (χ2v) is 4.78. The quantitative estimate of drug-likeness (QED) is 0.795. The van der Waals surface area contributed by atoms with Crippen LogP contribution in [-0.2, 0) is 4.79 Å². The Morgan fingerprint density at radius 2 is 1.82 bits per heavy atom. The Morgan fingerprint density at radius 1 is 1.24 bits per heavy atom. The predicted molar refractivity (Wildman–Crippen MR) is 73.5 cm³/mol. The molecule has 0 saturated carbocycles. The van der Waals surface area contributed by atoms with E-state index in [-0.39, 0.29) is 5.91 Å². The van der Waals surface area contributed by atoms with Crippen LogP contribution < -0.4 is 5.32 Å². The minimum absolute atomic E-state index is 0.218. The summed E-state index contributed by atoms with van der Waals surface area (Å²) >= 11 is 10.9. The van der Waals surface area contributed by atoms with Crippen LogP contribution in [0.4, 0.5) is 5.69 Å². The summed E-state index contributed by atoms with van der Waals surface area (Å²) in [7, 11) is 0. The number of benzene rings is 1. The molecule has 0 aliphatic carbocycles. The normalized spacial score (nSPS) is 14.8. The first-order valence-electron chi connectivity index (χ1n) is 5.52. The molecule has 1 aliphatic heterocycles. The summed E-state index contributed by atoms with van der Waals surface area (Å²) in [4.78, 5) is 14.2. The average molecular weight is 269 g/mol. The number of nitrogens with zero attached hydrogens (tertiary/aromatic N) is 1. The smallest absolute Gasteiger partial charge is 0.283 e. The van der Waals surface area contributed by atoms with Crippen LogP contribution in [0.5, 0.6) is 0 Å². The van der Waals surface area contributed by atoms with Gasteiger partial charge in [0.05, 0.1) is 0 Å². The number of halogens is 1. The van der Waals surface area contributed by atoms with Crippen molar-refractivity contribution in [2.24, 2.45) is 0 Å². The van der Waals surface area contributed by atoms with Gasteiger partial charge in [-0.1, -0.05) is 23.8 Å². The molecule has 17 heavy (non-hydrogen) atoms. The van der Waals surface area contributed by atoms with Gasteiger partial charge in [-0.2, -0.15) is 0 Å². The van der Waals surface area contributed by atoms with Gasteiger partial charge in [0.25, 0.3) is 5.91 Å². The van der Waals surface area contributed by atoms with Crippen LogP contribution in [0.25, 0.3) is 0 Å². The highest BCUT2D eigenvalue weighted by Crippen LogP contribution is 2.14. The standard InChI is InChI=1S/C12H13ClN2OS/c13-9-3-5-10(6-4-9)14-11(16)12(17)15-7-1-2-8-15/h3-6H,1-2,7-8H2,(H,14,16). The van der Waals surface area contributed by atoms with Gasteiger partial charge in [-0.3, -0.25) is 4.79 Å². The van der Waals surface area contributed by atoms with E-state index < -0.39 is 0 Å². The number of carbonyl (C=O) groups excluding carboxylic acids is 1. The van der Waals surface area contributed by atoms with Crippen molar-refractivity contribution in [3.05, 3.63) is 29.3 Å². The van der Waals surface area contributed by atoms with Crippen LogP contribution >= 0.6 is 23.8 Å². The first-order valence-corrected chi connectivity index (χ1v) is 6.31. The van der Waals surface area contributed by atoms with E-state index in [4.69, 9.17) is 23.8 Å². The minimum Gasteiger partial charge on any atom is -0.358 e. The van der Waals surface area contributed by atoms with Gasteiger partial charge in [-0.15, -0.1) is 0 Å². The van der Waals surface area contributed by atoms with Crippen LogP contribution in [0.3, 0.4) is 0 Å². The van der Waals surface area contributed by atoms with E-state index in [2.05, 4.69) is 5.32 Å². The molecule has 1 saturated heterocycles. The van der Waals surface area contributed by atoms with Crippen molar-refractivity contribution < 1.29 is 4.79 Å². The number of carbonyl (C=O) groups is 1. The van der Waals surface area contributed by atoms with E-state index >= 15 is 0 Å². The van der Waals surface area contributed by atoms with Gasteiger partial charge in [0.1, 0.15) is 0 Å². The van der Waals surface area contributed by atoms with Crippen molar-refractivity contribution in [3.63, 3.8) is 0 Å².